The number of ether oxygens (including phenoxy) is 1. The molecule has 0 bridgehead atoms. The molecule has 0 aromatic heterocycles. The van der Waals surface area contributed by atoms with E-state index in [9.17, 15) is 0 Å². The SMILES string of the molecule is C=C(CNC)COc1ccc(C)c(C)c1. The number of nitrogens with one attached hydrogen (secondary N) is 1. The molecule has 2 nitrogen and oxygen atoms in total. The topological polar surface area (TPSA) is 21.3 Å². The Morgan fingerprint density at radius 2 is 2.07 bits per heavy atom. The van der Waals surface area contributed by atoms with E-state index >= 15 is 0 Å². The van der Waals surface area contributed by atoms with Crippen molar-refractivity contribution in [2.75, 3.05) is 20.2 Å². The zero-order valence-corrected chi connectivity index (χ0v) is 9.76. The lowest BCUT2D eigenvalue weighted by molar-refractivity contribution is 0.349. The zero-order chi connectivity index (χ0) is 11.3. The maximum absolute atomic E-state index is 5.62. The summed E-state index contributed by atoms with van der Waals surface area (Å²) < 4.78 is 5.62. The summed E-state index contributed by atoms with van der Waals surface area (Å²) >= 11 is 0. The first kappa shape index (κ1) is 11.8. The lowest BCUT2D eigenvalue weighted by Crippen LogP contribution is -2.14. The van der Waals surface area contributed by atoms with Gasteiger partial charge < -0.3 is 10.1 Å². The molecule has 1 aromatic carbocycles. The van der Waals surface area contributed by atoms with Crippen molar-refractivity contribution >= 4 is 0 Å². The van der Waals surface area contributed by atoms with E-state index in [-0.39, 0.29) is 0 Å². The Labute approximate surface area is 92.0 Å². The van der Waals surface area contributed by atoms with Crippen molar-refractivity contribution in [3.05, 3.63) is 41.5 Å². The smallest absolute Gasteiger partial charge is 0.120 e. The maximum Gasteiger partial charge on any atom is 0.120 e. The molecule has 0 aliphatic rings. The van der Waals surface area contributed by atoms with Crippen LogP contribution in [0.25, 0.3) is 0 Å². The van der Waals surface area contributed by atoms with Crippen LogP contribution in [0.5, 0.6) is 5.75 Å². The summed E-state index contributed by atoms with van der Waals surface area (Å²) in [4.78, 5) is 0. The Balaban J connectivity index is 2.51. The van der Waals surface area contributed by atoms with Crippen LogP contribution in [0.4, 0.5) is 0 Å². The van der Waals surface area contributed by atoms with Crippen LogP contribution >= 0.6 is 0 Å². The third-order valence-corrected chi connectivity index (χ3v) is 2.35. The van der Waals surface area contributed by atoms with E-state index in [1.165, 1.54) is 11.1 Å². The van der Waals surface area contributed by atoms with Crippen LogP contribution in [-0.2, 0) is 0 Å². The zero-order valence-electron chi connectivity index (χ0n) is 9.76. The molecular weight excluding hydrogens is 186 g/mol. The van der Waals surface area contributed by atoms with Crippen molar-refractivity contribution in [3.63, 3.8) is 0 Å². The lowest BCUT2D eigenvalue weighted by atomic mass is 10.1. The first-order valence-corrected chi connectivity index (χ1v) is 5.15. The van der Waals surface area contributed by atoms with E-state index in [4.69, 9.17) is 4.74 Å². The van der Waals surface area contributed by atoms with E-state index < -0.39 is 0 Å². The second-order valence-corrected chi connectivity index (χ2v) is 3.82. The van der Waals surface area contributed by atoms with Gasteiger partial charge in [0.1, 0.15) is 12.4 Å². The minimum atomic E-state index is 0.573. The van der Waals surface area contributed by atoms with Gasteiger partial charge >= 0.3 is 0 Å². The van der Waals surface area contributed by atoms with Crippen LogP contribution in [0.2, 0.25) is 0 Å². The second-order valence-electron chi connectivity index (χ2n) is 3.82. The van der Waals surface area contributed by atoms with Crippen LogP contribution in [0, 0.1) is 13.8 Å². The first-order valence-electron chi connectivity index (χ1n) is 5.15. The summed E-state index contributed by atoms with van der Waals surface area (Å²) in [6.45, 7) is 9.47. The molecule has 82 valence electrons. The van der Waals surface area contributed by atoms with Gasteiger partial charge in [-0.2, -0.15) is 0 Å². The van der Waals surface area contributed by atoms with Crippen molar-refractivity contribution in [2.24, 2.45) is 0 Å². The quantitative estimate of drug-likeness (QED) is 0.746. The van der Waals surface area contributed by atoms with E-state index in [0.717, 1.165) is 17.9 Å². The first-order chi connectivity index (χ1) is 7.13. The van der Waals surface area contributed by atoms with Gasteiger partial charge in [0.05, 0.1) is 0 Å². The Bertz CT molecular complexity index is 344. The Morgan fingerprint density at radius 3 is 2.67 bits per heavy atom. The fourth-order valence-electron chi connectivity index (χ4n) is 1.29. The average molecular weight is 205 g/mol. The van der Waals surface area contributed by atoms with Gasteiger partial charge in [0.2, 0.25) is 0 Å². The lowest BCUT2D eigenvalue weighted by Gasteiger charge is -2.09. The monoisotopic (exact) mass is 205 g/mol. The third-order valence-electron chi connectivity index (χ3n) is 2.35. The van der Waals surface area contributed by atoms with Gasteiger partial charge in [-0.1, -0.05) is 12.6 Å². The number of benzene rings is 1. The maximum atomic E-state index is 5.62. The van der Waals surface area contributed by atoms with E-state index in [1.54, 1.807) is 0 Å². The molecule has 0 aliphatic carbocycles. The molecule has 0 aliphatic heterocycles. The molecule has 2 heteroatoms. The van der Waals surface area contributed by atoms with E-state index in [2.05, 4.69) is 37.9 Å². The van der Waals surface area contributed by atoms with Gasteiger partial charge in [0.25, 0.3) is 0 Å². The number of aryl methyl sites for hydroxylation is 2. The van der Waals surface area contributed by atoms with E-state index in [1.807, 2.05) is 13.1 Å². The normalized spacial score (nSPS) is 10.1. The minimum Gasteiger partial charge on any atom is -0.489 e. The molecule has 0 radical (unpaired) electrons. The number of hydrogen-bond donors (Lipinski definition) is 1. The van der Waals surface area contributed by atoms with Crippen LogP contribution < -0.4 is 10.1 Å². The molecule has 0 unspecified atom stereocenters. The van der Waals surface area contributed by atoms with Crippen LogP contribution in [0.15, 0.2) is 30.4 Å². The number of likely N-dealkylation sites (N-methyl/N-ethyl adjacent to an activating group) is 1. The summed E-state index contributed by atoms with van der Waals surface area (Å²) in [6, 6.07) is 6.13. The molecule has 0 amide bonds. The van der Waals surface area contributed by atoms with Crippen molar-refractivity contribution in [1.82, 2.24) is 5.32 Å². The molecule has 1 rings (SSSR count). The predicted octanol–water partition coefficient (Wildman–Crippen LogP) is 2.46. The molecule has 0 saturated heterocycles. The van der Waals surface area contributed by atoms with Gasteiger partial charge in [-0.05, 0) is 49.7 Å². The Morgan fingerprint density at radius 1 is 1.33 bits per heavy atom. The van der Waals surface area contributed by atoms with Crippen molar-refractivity contribution in [1.29, 1.82) is 0 Å². The van der Waals surface area contributed by atoms with E-state index in [0.29, 0.717) is 6.61 Å². The second kappa shape index (κ2) is 5.56. The van der Waals surface area contributed by atoms with Gasteiger partial charge in [0.15, 0.2) is 0 Å². The van der Waals surface area contributed by atoms with Gasteiger partial charge in [-0.15, -0.1) is 0 Å². The van der Waals surface area contributed by atoms with Crippen LogP contribution in [0.1, 0.15) is 11.1 Å². The molecular formula is C13H19NO. The highest BCUT2D eigenvalue weighted by atomic mass is 16.5. The largest absolute Gasteiger partial charge is 0.489 e. The summed E-state index contributed by atoms with van der Waals surface area (Å²) in [5.74, 6) is 0.912. The molecule has 0 heterocycles. The number of hydrogen-bond acceptors (Lipinski definition) is 2. The number of rotatable bonds is 5. The van der Waals surface area contributed by atoms with Gasteiger partial charge in [-0.3, -0.25) is 0 Å². The minimum absolute atomic E-state index is 0.573. The predicted molar refractivity (Wildman–Crippen MR) is 64.5 cm³/mol. The van der Waals surface area contributed by atoms with Crippen molar-refractivity contribution in [2.45, 2.75) is 13.8 Å². The van der Waals surface area contributed by atoms with Crippen LogP contribution in [-0.4, -0.2) is 20.2 Å². The van der Waals surface area contributed by atoms with Crippen molar-refractivity contribution in [3.8, 4) is 5.75 Å². The summed E-state index contributed by atoms with van der Waals surface area (Å²) in [7, 11) is 1.90. The highest BCUT2D eigenvalue weighted by Crippen LogP contribution is 2.16. The summed E-state index contributed by atoms with van der Waals surface area (Å²) in [5.41, 5.74) is 3.60. The fraction of sp³-hybridized carbons (Fsp3) is 0.385. The fourth-order valence-corrected chi connectivity index (χ4v) is 1.29. The third kappa shape index (κ3) is 3.76. The van der Waals surface area contributed by atoms with Gasteiger partial charge in [-0.25, -0.2) is 0 Å². The standard InChI is InChI=1S/C13H19NO/c1-10(8-14-4)9-15-13-6-5-11(2)12(3)7-13/h5-7,14H,1,8-9H2,2-4H3. The van der Waals surface area contributed by atoms with Gasteiger partial charge in [0, 0.05) is 6.54 Å². The van der Waals surface area contributed by atoms with Crippen LogP contribution in [0.3, 0.4) is 0 Å². The molecule has 15 heavy (non-hydrogen) atoms. The Hall–Kier alpha value is -1.28. The molecule has 0 atom stereocenters. The average Bonchev–Trinajstić information content (AvgIpc) is 2.20. The summed E-state index contributed by atoms with van der Waals surface area (Å²) in [5, 5.41) is 3.04. The molecule has 0 fully saturated rings. The van der Waals surface area contributed by atoms with Crippen molar-refractivity contribution < 1.29 is 4.74 Å². The molecule has 0 spiro atoms. The Kier molecular flexibility index (Phi) is 4.37. The molecule has 1 N–H and O–H groups in total. The summed E-state index contributed by atoms with van der Waals surface area (Å²) in [6.07, 6.45) is 0. The highest BCUT2D eigenvalue weighted by molar-refractivity contribution is 5.34. The molecule has 1 aromatic rings. The highest BCUT2D eigenvalue weighted by Gasteiger charge is 1.98. The molecule has 0 saturated carbocycles.